The van der Waals surface area contributed by atoms with Crippen molar-refractivity contribution in [2.75, 3.05) is 14.2 Å². The smallest absolute Gasteiger partial charge is 0.146 e. The third kappa shape index (κ3) is 2.61. The lowest BCUT2D eigenvalue weighted by molar-refractivity contribution is 0.392. The molecule has 0 saturated heterocycles. The van der Waals surface area contributed by atoms with E-state index in [4.69, 9.17) is 32.7 Å². The molecule has 1 atom stereocenters. The molecule has 0 aliphatic heterocycles. The van der Waals surface area contributed by atoms with Gasteiger partial charge in [-0.25, -0.2) is 0 Å². The van der Waals surface area contributed by atoms with Crippen LogP contribution in [0.25, 0.3) is 9.40 Å². The number of benzene rings is 1. The van der Waals surface area contributed by atoms with Crippen LogP contribution in [0.4, 0.5) is 0 Å². The fourth-order valence-corrected chi connectivity index (χ4v) is 4.99. The fourth-order valence-electron chi connectivity index (χ4n) is 2.18. The predicted octanol–water partition coefficient (Wildman–Crippen LogP) is 5.96. The summed E-state index contributed by atoms with van der Waals surface area (Å²) in [4.78, 5) is 1.08. The molecule has 6 heteroatoms. The van der Waals surface area contributed by atoms with E-state index in [0.29, 0.717) is 16.5 Å². The van der Waals surface area contributed by atoms with Gasteiger partial charge in [0.25, 0.3) is 0 Å². The summed E-state index contributed by atoms with van der Waals surface area (Å²) in [5.74, 6) is 1.14. The number of alkyl halides is 1. The topological polar surface area (TPSA) is 18.5 Å². The SMILES string of the molecule is COc1ccc(C(Cl)c2cc3sccc3s2)c(OC)c1Cl. The van der Waals surface area contributed by atoms with Crippen LogP contribution < -0.4 is 9.47 Å². The van der Waals surface area contributed by atoms with Crippen molar-refractivity contribution in [3.63, 3.8) is 0 Å². The predicted molar refractivity (Wildman–Crippen MR) is 92.0 cm³/mol. The second-order valence-electron chi connectivity index (χ2n) is 4.36. The standard InChI is InChI=1S/C15H12Cl2O2S2/c1-18-9-4-3-8(15(19-2)14(9)17)13(16)12-7-11-10(21-12)5-6-20-11/h3-7,13H,1-2H3. The summed E-state index contributed by atoms with van der Waals surface area (Å²) in [5.41, 5.74) is 0.846. The van der Waals surface area contributed by atoms with Crippen LogP contribution >= 0.6 is 45.9 Å². The van der Waals surface area contributed by atoms with Crippen molar-refractivity contribution in [2.45, 2.75) is 5.38 Å². The molecule has 110 valence electrons. The second-order valence-corrected chi connectivity index (χ2v) is 7.24. The van der Waals surface area contributed by atoms with Gasteiger partial charge in [-0.1, -0.05) is 11.6 Å². The molecule has 0 spiro atoms. The lowest BCUT2D eigenvalue weighted by Crippen LogP contribution is -1.98. The van der Waals surface area contributed by atoms with Gasteiger partial charge in [-0.05, 0) is 29.6 Å². The Balaban J connectivity index is 2.06. The summed E-state index contributed by atoms with van der Waals surface area (Å²) in [6, 6.07) is 7.94. The molecule has 21 heavy (non-hydrogen) atoms. The molecule has 0 aliphatic carbocycles. The molecular formula is C15H12Cl2O2S2. The maximum atomic E-state index is 6.65. The third-order valence-electron chi connectivity index (χ3n) is 3.20. The van der Waals surface area contributed by atoms with E-state index in [1.54, 1.807) is 36.9 Å². The molecule has 0 saturated carbocycles. The first-order chi connectivity index (χ1) is 10.2. The monoisotopic (exact) mass is 358 g/mol. The zero-order valence-corrected chi connectivity index (χ0v) is 14.5. The lowest BCUT2D eigenvalue weighted by atomic mass is 10.1. The summed E-state index contributed by atoms with van der Waals surface area (Å²) in [7, 11) is 3.16. The normalized spacial score (nSPS) is 12.6. The van der Waals surface area contributed by atoms with Crippen molar-refractivity contribution in [3.8, 4) is 11.5 Å². The van der Waals surface area contributed by atoms with E-state index in [9.17, 15) is 0 Å². The molecule has 0 N–H and O–H groups in total. The molecule has 3 aromatic rings. The van der Waals surface area contributed by atoms with E-state index in [-0.39, 0.29) is 5.38 Å². The Kier molecular flexibility index (Phi) is 4.31. The summed E-state index contributed by atoms with van der Waals surface area (Å²) in [6.45, 7) is 0. The Hall–Kier alpha value is -0.940. The van der Waals surface area contributed by atoms with Crippen molar-refractivity contribution in [1.29, 1.82) is 0 Å². The van der Waals surface area contributed by atoms with Gasteiger partial charge in [0.15, 0.2) is 0 Å². The van der Waals surface area contributed by atoms with Gasteiger partial charge in [-0.3, -0.25) is 0 Å². The molecule has 1 unspecified atom stereocenters. The fraction of sp³-hybridized carbons (Fsp3) is 0.200. The minimum Gasteiger partial charge on any atom is -0.495 e. The summed E-state index contributed by atoms with van der Waals surface area (Å²) < 4.78 is 13.1. The highest BCUT2D eigenvalue weighted by molar-refractivity contribution is 7.27. The van der Waals surface area contributed by atoms with Gasteiger partial charge >= 0.3 is 0 Å². The molecule has 0 amide bonds. The first-order valence-corrected chi connectivity index (χ1v) is 8.68. The highest BCUT2D eigenvalue weighted by Gasteiger charge is 2.22. The third-order valence-corrected chi connectivity index (χ3v) is 6.31. The number of methoxy groups -OCH3 is 2. The molecule has 0 aliphatic rings. The molecule has 0 bridgehead atoms. The number of ether oxygens (including phenoxy) is 2. The van der Waals surface area contributed by atoms with Gasteiger partial charge in [0.1, 0.15) is 16.5 Å². The molecule has 0 radical (unpaired) electrons. The van der Waals surface area contributed by atoms with Crippen LogP contribution in [-0.4, -0.2) is 14.2 Å². The lowest BCUT2D eigenvalue weighted by Gasteiger charge is -2.16. The molecule has 1 aromatic carbocycles. The van der Waals surface area contributed by atoms with Crippen molar-refractivity contribution in [1.82, 2.24) is 0 Å². The number of thiophene rings is 2. The Morgan fingerprint density at radius 2 is 1.90 bits per heavy atom. The first-order valence-electron chi connectivity index (χ1n) is 6.17. The molecular weight excluding hydrogens is 347 g/mol. The largest absolute Gasteiger partial charge is 0.495 e. The molecule has 2 aromatic heterocycles. The van der Waals surface area contributed by atoms with Crippen molar-refractivity contribution in [3.05, 3.63) is 45.1 Å². The van der Waals surface area contributed by atoms with E-state index in [0.717, 1.165) is 10.4 Å². The number of rotatable bonds is 4. The van der Waals surface area contributed by atoms with Gasteiger partial charge in [-0.2, -0.15) is 0 Å². The maximum Gasteiger partial charge on any atom is 0.146 e. The van der Waals surface area contributed by atoms with E-state index in [1.165, 1.54) is 9.40 Å². The van der Waals surface area contributed by atoms with Crippen molar-refractivity contribution >= 4 is 55.3 Å². The van der Waals surface area contributed by atoms with Gasteiger partial charge in [0.05, 0.1) is 19.6 Å². The van der Waals surface area contributed by atoms with E-state index >= 15 is 0 Å². The molecule has 0 fully saturated rings. The zero-order valence-electron chi connectivity index (χ0n) is 11.4. The Morgan fingerprint density at radius 3 is 2.57 bits per heavy atom. The Morgan fingerprint density at radius 1 is 1.10 bits per heavy atom. The van der Waals surface area contributed by atoms with Gasteiger partial charge in [-0.15, -0.1) is 34.3 Å². The van der Waals surface area contributed by atoms with Gasteiger partial charge in [0, 0.05) is 19.8 Å². The number of hydrogen-bond acceptors (Lipinski definition) is 4. The van der Waals surface area contributed by atoms with Crippen molar-refractivity contribution in [2.24, 2.45) is 0 Å². The van der Waals surface area contributed by atoms with E-state index in [2.05, 4.69) is 17.5 Å². The minimum absolute atomic E-state index is 0.298. The molecule has 2 heterocycles. The van der Waals surface area contributed by atoms with E-state index in [1.807, 2.05) is 12.1 Å². The first kappa shape index (κ1) is 15.0. The number of hydrogen-bond donors (Lipinski definition) is 0. The zero-order chi connectivity index (χ0) is 15.0. The highest BCUT2D eigenvalue weighted by atomic mass is 35.5. The number of halogens is 2. The summed E-state index contributed by atoms with van der Waals surface area (Å²) in [6.07, 6.45) is 0. The highest BCUT2D eigenvalue weighted by Crippen LogP contribution is 2.46. The van der Waals surface area contributed by atoms with Crippen LogP contribution in [-0.2, 0) is 0 Å². The second kappa shape index (κ2) is 6.05. The molecule has 3 rings (SSSR count). The van der Waals surface area contributed by atoms with Crippen molar-refractivity contribution < 1.29 is 9.47 Å². The van der Waals surface area contributed by atoms with Gasteiger partial charge < -0.3 is 9.47 Å². The molecule has 2 nitrogen and oxygen atoms in total. The minimum atomic E-state index is -0.298. The summed E-state index contributed by atoms with van der Waals surface area (Å²) in [5, 5.41) is 2.23. The van der Waals surface area contributed by atoms with Crippen LogP contribution in [0.1, 0.15) is 15.8 Å². The van der Waals surface area contributed by atoms with Crippen LogP contribution in [0.2, 0.25) is 5.02 Å². The van der Waals surface area contributed by atoms with E-state index < -0.39 is 0 Å². The van der Waals surface area contributed by atoms with Crippen LogP contribution in [0.5, 0.6) is 11.5 Å². The average Bonchev–Trinajstić information content (AvgIpc) is 3.07. The quantitative estimate of drug-likeness (QED) is 0.535. The Labute approximate surface area is 140 Å². The van der Waals surface area contributed by atoms with Crippen LogP contribution in [0, 0.1) is 0 Å². The summed E-state index contributed by atoms with van der Waals surface area (Å²) >= 11 is 16.4. The van der Waals surface area contributed by atoms with Crippen LogP contribution in [0.15, 0.2) is 29.6 Å². The Bertz CT molecular complexity index is 751. The van der Waals surface area contributed by atoms with Gasteiger partial charge in [0.2, 0.25) is 0 Å². The number of fused-ring (bicyclic) bond motifs is 1. The average molecular weight is 359 g/mol. The van der Waals surface area contributed by atoms with Crippen LogP contribution in [0.3, 0.4) is 0 Å². The maximum absolute atomic E-state index is 6.65.